The van der Waals surface area contributed by atoms with E-state index < -0.39 is 15.8 Å². The van der Waals surface area contributed by atoms with Gasteiger partial charge in [-0.15, -0.1) is 0 Å². The zero-order valence-corrected chi connectivity index (χ0v) is 16.3. The van der Waals surface area contributed by atoms with Crippen molar-refractivity contribution >= 4 is 10.0 Å². The van der Waals surface area contributed by atoms with Crippen molar-refractivity contribution in [3.63, 3.8) is 0 Å². The van der Waals surface area contributed by atoms with Crippen LogP contribution in [0.5, 0.6) is 0 Å². The molecule has 5 nitrogen and oxygen atoms in total. The number of benzene rings is 1. The molecule has 1 unspecified atom stereocenters. The Morgan fingerprint density at radius 1 is 1.31 bits per heavy atom. The second kappa shape index (κ2) is 7.48. The lowest BCUT2D eigenvalue weighted by Gasteiger charge is -2.18. The zero-order chi connectivity index (χ0) is 18.9. The molecule has 0 aliphatic carbocycles. The summed E-state index contributed by atoms with van der Waals surface area (Å²) in [6.07, 6.45) is 3.44. The molecule has 1 aromatic carbocycles. The van der Waals surface area contributed by atoms with Crippen LogP contribution in [0.2, 0.25) is 0 Å². The second-order valence-corrected chi connectivity index (χ2v) is 9.31. The fourth-order valence-corrected chi connectivity index (χ4v) is 5.36. The number of aromatic nitrogens is 2. The van der Waals surface area contributed by atoms with E-state index in [0.29, 0.717) is 19.1 Å². The van der Waals surface area contributed by atoms with E-state index in [1.165, 1.54) is 16.4 Å². The van der Waals surface area contributed by atoms with E-state index in [9.17, 15) is 12.8 Å². The largest absolute Gasteiger partial charge is 0.330 e. The van der Waals surface area contributed by atoms with Crippen molar-refractivity contribution in [2.24, 2.45) is 5.92 Å². The van der Waals surface area contributed by atoms with Crippen LogP contribution < -0.4 is 0 Å². The smallest absolute Gasteiger partial charge is 0.218 e. The highest BCUT2D eigenvalue weighted by Gasteiger charge is 2.32. The van der Waals surface area contributed by atoms with E-state index in [0.717, 1.165) is 24.4 Å². The Bertz CT molecular complexity index is 877. The van der Waals surface area contributed by atoms with Crippen LogP contribution in [-0.4, -0.2) is 35.4 Å². The van der Waals surface area contributed by atoms with E-state index in [4.69, 9.17) is 0 Å². The van der Waals surface area contributed by atoms with Crippen molar-refractivity contribution in [2.45, 2.75) is 45.4 Å². The standard InChI is InChI=1S/C19H26FN3O2S/c1-14(2)23-15(3)11-21-19(23)10-16-8-9-22(12-16)26(24,25)13-17-6-4-5-7-18(17)20/h4-7,11,14,16H,8-10,12-13H2,1-3H3. The molecule has 0 spiro atoms. The Morgan fingerprint density at radius 3 is 2.73 bits per heavy atom. The summed E-state index contributed by atoms with van der Waals surface area (Å²) < 4.78 is 42.8. The molecule has 3 rings (SSSR count). The second-order valence-electron chi connectivity index (χ2n) is 7.34. The summed E-state index contributed by atoms with van der Waals surface area (Å²) in [6, 6.07) is 6.38. The summed E-state index contributed by atoms with van der Waals surface area (Å²) in [5.41, 5.74) is 1.35. The predicted octanol–water partition coefficient (Wildman–Crippen LogP) is 3.31. The number of sulfonamides is 1. The molecule has 0 bridgehead atoms. The number of nitrogens with zero attached hydrogens (tertiary/aromatic N) is 3. The van der Waals surface area contributed by atoms with Crippen LogP contribution in [0.1, 0.15) is 43.4 Å². The third-order valence-electron chi connectivity index (χ3n) is 4.98. The van der Waals surface area contributed by atoms with Crippen molar-refractivity contribution in [1.82, 2.24) is 13.9 Å². The molecule has 1 aliphatic rings. The maximum absolute atomic E-state index is 13.8. The van der Waals surface area contributed by atoms with E-state index in [-0.39, 0.29) is 17.2 Å². The van der Waals surface area contributed by atoms with Crippen LogP contribution in [0, 0.1) is 18.7 Å². The highest BCUT2D eigenvalue weighted by atomic mass is 32.2. The number of hydrogen-bond acceptors (Lipinski definition) is 3. The molecule has 26 heavy (non-hydrogen) atoms. The first-order chi connectivity index (χ1) is 12.3. The van der Waals surface area contributed by atoms with Crippen molar-refractivity contribution in [2.75, 3.05) is 13.1 Å². The maximum Gasteiger partial charge on any atom is 0.218 e. The summed E-state index contributed by atoms with van der Waals surface area (Å²) >= 11 is 0. The molecule has 0 radical (unpaired) electrons. The van der Waals surface area contributed by atoms with Gasteiger partial charge in [-0.25, -0.2) is 22.1 Å². The van der Waals surface area contributed by atoms with Gasteiger partial charge in [0, 0.05) is 43.0 Å². The third kappa shape index (κ3) is 3.99. The van der Waals surface area contributed by atoms with Crippen LogP contribution in [0.3, 0.4) is 0 Å². The average Bonchev–Trinajstić information content (AvgIpc) is 3.17. The molecule has 1 fully saturated rings. The van der Waals surface area contributed by atoms with Crippen molar-refractivity contribution in [3.8, 4) is 0 Å². The van der Waals surface area contributed by atoms with Crippen molar-refractivity contribution in [3.05, 3.63) is 53.4 Å². The molecule has 7 heteroatoms. The van der Waals surface area contributed by atoms with Gasteiger partial charge in [0.15, 0.2) is 0 Å². The minimum atomic E-state index is -3.52. The predicted molar refractivity (Wildman–Crippen MR) is 99.8 cm³/mol. The minimum Gasteiger partial charge on any atom is -0.330 e. The summed E-state index contributed by atoms with van der Waals surface area (Å²) in [7, 11) is -3.52. The van der Waals surface area contributed by atoms with E-state index in [2.05, 4.69) is 23.4 Å². The van der Waals surface area contributed by atoms with Crippen molar-refractivity contribution < 1.29 is 12.8 Å². The minimum absolute atomic E-state index is 0.224. The first-order valence-electron chi connectivity index (χ1n) is 9.02. The van der Waals surface area contributed by atoms with Gasteiger partial charge in [-0.2, -0.15) is 0 Å². The zero-order valence-electron chi connectivity index (χ0n) is 15.5. The number of halogens is 1. The van der Waals surface area contributed by atoms with Gasteiger partial charge in [-0.05, 0) is 39.2 Å². The first-order valence-corrected chi connectivity index (χ1v) is 10.6. The number of imidazole rings is 1. The SMILES string of the molecule is Cc1cnc(CC2CCN(S(=O)(=O)Cc3ccccc3F)C2)n1C(C)C. The lowest BCUT2D eigenvalue weighted by atomic mass is 10.0. The van der Waals surface area contributed by atoms with E-state index in [1.807, 2.05) is 13.1 Å². The monoisotopic (exact) mass is 379 g/mol. The molecule has 0 amide bonds. The molecule has 2 aromatic rings. The molecule has 1 aromatic heterocycles. The lowest BCUT2D eigenvalue weighted by Crippen LogP contribution is -2.30. The Hall–Kier alpha value is -1.73. The van der Waals surface area contributed by atoms with Crippen LogP contribution in [0.15, 0.2) is 30.5 Å². The van der Waals surface area contributed by atoms with E-state index in [1.54, 1.807) is 12.1 Å². The number of aryl methyl sites for hydroxylation is 1. The maximum atomic E-state index is 13.8. The normalized spacial score (nSPS) is 18.7. The highest BCUT2D eigenvalue weighted by molar-refractivity contribution is 7.88. The number of hydrogen-bond donors (Lipinski definition) is 0. The Balaban J connectivity index is 1.68. The molecule has 142 valence electrons. The van der Waals surface area contributed by atoms with Gasteiger partial charge >= 0.3 is 0 Å². The van der Waals surface area contributed by atoms with Gasteiger partial charge in [0.25, 0.3) is 0 Å². The average molecular weight is 380 g/mol. The first kappa shape index (κ1) is 19.0. The highest BCUT2D eigenvalue weighted by Crippen LogP contribution is 2.26. The van der Waals surface area contributed by atoms with Crippen LogP contribution in [-0.2, 0) is 22.2 Å². The molecule has 0 N–H and O–H groups in total. The molecule has 1 aliphatic heterocycles. The fraction of sp³-hybridized carbons (Fsp3) is 0.526. The van der Waals surface area contributed by atoms with Gasteiger partial charge in [0.05, 0.1) is 5.75 Å². The summed E-state index contributed by atoms with van der Waals surface area (Å²) in [5, 5.41) is 0. The quantitative estimate of drug-likeness (QED) is 0.774. The van der Waals surface area contributed by atoms with Gasteiger partial charge in [0.1, 0.15) is 11.6 Å². The molecular weight excluding hydrogens is 353 g/mol. The van der Waals surface area contributed by atoms with Crippen LogP contribution in [0.4, 0.5) is 4.39 Å². The molecule has 2 heterocycles. The topological polar surface area (TPSA) is 55.2 Å². The summed E-state index contributed by atoms with van der Waals surface area (Å²) in [4.78, 5) is 4.51. The summed E-state index contributed by atoms with van der Waals surface area (Å²) in [5.74, 6) is 0.494. The fourth-order valence-electron chi connectivity index (χ4n) is 3.73. The van der Waals surface area contributed by atoms with Crippen LogP contribution in [0.25, 0.3) is 0 Å². The van der Waals surface area contributed by atoms with Gasteiger partial charge < -0.3 is 4.57 Å². The molecule has 0 saturated carbocycles. The third-order valence-corrected chi connectivity index (χ3v) is 6.78. The Kier molecular flexibility index (Phi) is 5.48. The van der Waals surface area contributed by atoms with Gasteiger partial charge in [-0.1, -0.05) is 18.2 Å². The van der Waals surface area contributed by atoms with E-state index >= 15 is 0 Å². The Labute approximate surface area is 154 Å². The lowest BCUT2D eigenvalue weighted by molar-refractivity contribution is 0.444. The van der Waals surface area contributed by atoms with Crippen LogP contribution >= 0.6 is 0 Å². The van der Waals surface area contributed by atoms with Gasteiger partial charge in [-0.3, -0.25) is 0 Å². The molecule has 1 atom stereocenters. The summed E-state index contributed by atoms with van der Waals surface area (Å²) in [6.45, 7) is 7.25. The molecular formula is C19H26FN3O2S. The number of rotatable bonds is 6. The van der Waals surface area contributed by atoms with Crippen molar-refractivity contribution in [1.29, 1.82) is 0 Å². The Morgan fingerprint density at radius 2 is 2.04 bits per heavy atom. The molecule has 1 saturated heterocycles. The van der Waals surface area contributed by atoms with Gasteiger partial charge in [0.2, 0.25) is 10.0 Å².